The van der Waals surface area contributed by atoms with Crippen molar-refractivity contribution in [1.82, 2.24) is 14.9 Å². The highest BCUT2D eigenvalue weighted by Crippen LogP contribution is 2.26. The Bertz CT molecular complexity index is 888. The van der Waals surface area contributed by atoms with E-state index in [0.29, 0.717) is 16.7 Å². The molecule has 0 aliphatic carbocycles. The lowest BCUT2D eigenvalue weighted by Gasteiger charge is -2.26. The molecule has 0 saturated heterocycles. The van der Waals surface area contributed by atoms with Gasteiger partial charge in [-0.15, -0.1) is 10.2 Å². The number of nitrogens with zero attached hydrogens (tertiary/aromatic N) is 4. The van der Waals surface area contributed by atoms with E-state index in [1.165, 1.54) is 16.4 Å². The minimum Gasteiger partial charge on any atom is -0.469 e. The summed E-state index contributed by atoms with van der Waals surface area (Å²) in [6.07, 6.45) is 1.58. The molecule has 0 atom stereocenters. The molecular weight excluding hydrogens is 350 g/mol. The van der Waals surface area contributed by atoms with Crippen LogP contribution < -0.4 is 10.7 Å². The van der Waals surface area contributed by atoms with Gasteiger partial charge in [0.05, 0.1) is 17.6 Å². The standard InChI is InChI=1S/C18H21N5O2S/c1-12(2)22(14-7-5-4-6-8-14)16(24)11-26-18-21-20-17(23(18)19)15-9-10-25-13(15)3/h4-10,12H,11,19H2,1-3H3. The van der Waals surface area contributed by atoms with Crippen molar-refractivity contribution in [3.8, 4) is 11.4 Å². The fraction of sp³-hybridized carbons (Fsp3) is 0.278. The van der Waals surface area contributed by atoms with Gasteiger partial charge in [0.2, 0.25) is 11.1 Å². The smallest absolute Gasteiger partial charge is 0.237 e. The van der Waals surface area contributed by atoms with Gasteiger partial charge in [-0.1, -0.05) is 30.0 Å². The van der Waals surface area contributed by atoms with Crippen LogP contribution in [0.15, 0.2) is 52.2 Å². The molecule has 0 saturated carbocycles. The molecule has 0 bridgehead atoms. The largest absolute Gasteiger partial charge is 0.469 e. The van der Waals surface area contributed by atoms with E-state index in [1.54, 1.807) is 17.2 Å². The quantitative estimate of drug-likeness (QED) is 0.529. The Morgan fingerprint density at radius 2 is 2.00 bits per heavy atom. The number of rotatable bonds is 6. The van der Waals surface area contributed by atoms with Crippen LogP contribution in [-0.4, -0.2) is 32.6 Å². The summed E-state index contributed by atoms with van der Waals surface area (Å²) in [5.41, 5.74) is 1.66. The highest BCUT2D eigenvalue weighted by molar-refractivity contribution is 7.99. The summed E-state index contributed by atoms with van der Waals surface area (Å²) in [5.74, 6) is 7.53. The molecule has 136 valence electrons. The maximum atomic E-state index is 12.8. The highest BCUT2D eigenvalue weighted by Gasteiger charge is 2.21. The van der Waals surface area contributed by atoms with Crippen molar-refractivity contribution in [3.05, 3.63) is 48.4 Å². The van der Waals surface area contributed by atoms with Crippen LogP contribution in [0.5, 0.6) is 0 Å². The molecule has 3 rings (SSSR count). The van der Waals surface area contributed by atoms with E-state index in [-0.39, 0.29) is 17.7 Å². The zero-order valence-electron chi connectivity index (χ0n) is 14.9. The van der Waals surface area contributed by atoms with Crippen molar-refractivity contribution in [2.45, 2.75) is 32.0 Å². The van der Waals surface area contributed by atoms with Crippen LogP contribution in [-0.2, 0) is 4.79 Å². The number of para-hydroxylation sites is 1. The van der Waals surface area contributed by atoms with Crippen LogP contribution in [0.4, 0.5) is 5.69 Å². The SMILES string of the molecule is Cc1occc1-c1nnc(SCC(=O)N(c2ccccc2)C(C)C)n1N. The van der Waals surface area contributed by atoms with Crippen LogP contribution >= 0.6 is 11.8 Å². The fourth-order valence-corrected chi connectivity index (χ4v) is 3.41. The first-order chi connectivity index (χ1) is 12.5. The van der Waals surface area contributed by atoms with Gasteiger partial charge in [-0.2, -0.15) is 0 Å². The second-order valence-electron chi connectivity index (χ2n) is 6.05. The minimum atomic E-state index is -0.0137. The molecule has 2 N–H and O–H groups in total. The summed E-state index contributed by atoms with van der Waals surface area (Å²) in [6.45, 7) is 5.81. The van der Waals surface area contributed by atoms with Crippen LogP contribution in [0.25, 0.3) is 11.4 Å². The predicted molar refractivity (Wildman–Crippen MR) is 102 cm³/mol. The number of thioether (sulfide) groups is 1. The number of furan rings is 1. The van der Waals surface area contributed by atoms with Gasteiger partial charge < -0.3 is 15.2 Å². The summed E-state index contributed by atoms with van der Waals surface area (Å²) in [6, 6.07) is 11.4. The Balaban J connectivity index is 1.73. The number of hydrogen-bond acceptors (Lipinski definition) is 6. The van der Waals surface area contributed by atoms with Gasteiger partial charge in [0.1, 0.15) is 5.76 Å². The van der Waals surface area contributed by atoms with Crippen molar-refractivity contribution < 1.29 is 9.21 Å². The number of aryl methyl sites for hydroxylation is 1. The number of nitrogens with two attached hydrogens (primary N) is 1. The van der Waals surface area contributed by atoms with E-state index in [0.717, 1.165) is 11.3 Å². The molecule has 0 unspecified atom stereocenters. The monoisotopic (exact) mass is 371 g/mol. The van der Waals surface area contributed by atoms with Crippen LogP contribution in [0, 0.1) is 6.92 Å². The second kappa shape index (κ2) is 7.65. The lowest BCUT2D eigenvalue weighted by atomic mass is 10.2. The third-order valence-electron chi connectivity index (χ3n) is 3.91. The molecule has 3 aromatic rings. The molecule has 2 heterocycles. The zero-order chi connectivity index (χ0) is 18.7. The van der Waals surface area contributed by atoms with Crippen molar-refractivity contribution in [1.29, 1.82) is 0 Å². The predicted octanol–water partition coefficient (Wildman–Crippen LogP) is 3.09. The van der Waals surface area contributed by atoms with Gasteiger partial charge >= 0.3 is 0 Å². The van der Waals surface area contributed by atoms with Gasteiger partial charge in [0.25, 0.3) is 0 Å². The lowest BCUT2D eigenvalue weighted by Crippen LogP contribution is -2.38. The number of hydrogen-bond donors (Lipinski definition) is 1. The van der Waals surface area contributed by atoms with Gasteiger partial charge in [0, 0.05) is 11.7 Å². The summed E-state index contributed by atoms with van der Waals surface area (Å²) >= 11 is 1.26. The molecule has 8 heteroatoms. The zero-order valence-corrected chi connectivity index (χ0v) is 15.7. The van der Waals surface area contributed by atoms with E-state index >= 15 is 0 Å². The average Bonchev–Trinajstić information content (AvgIpc) is 3.19. The molecule has 7 nitrogen and oxygen atoms in total. The molecule has 26 heavy (non-hydrogen) atoms. The number of carbonyl (C=O) groups excluding carboxylic acids is 1. The Morgan fingerprint density at radius 1 is 1.27 bits per heavy atom. The third kappa shape index (κ3) is 3.60. The van der Waals surface area contributed by atoms with Gasteiger partial charge in [-0.25, -0.2) is 4.68 Å². The number of nitrogen functional groups attached to an aromatic ring is 1. The maximum absolute atomic E-state index is 12.8. The molecule has 1 amide bonds. The normalized spacial score (nSPS) is 11.1. The van der Waals surface area contributed by atoms with Gasteiger partial charge in [0.15, 0.2) is 5.82 Å². The maximum Gasteiger partial charge on any atom is 0.237 e. The molecule has 0 aliphatic heterocycles. The molecule has 0 fully saturated rings. The second-order valence-corrected chi connectivity index (χ2v) is 6.99. The van der Waals surface area contributed by atoms with E-state index in [1.807, 2.05) is 51.1 Å². The van der Waals surface area contributed by atoms with E-state index < -0.39 is 0 Å². The highest BCUT2D eigenvalue weighted by atomic mass is 32.2. The van der Waals surface area contributed by atoms with Crippen LogP contribution in [0.1, 0.15) is 19.6 Å². The summed E-state index contributed by atoms with van der Waals surface area (Å²) in [4.78, 5) is 14.5. The van der Waals surface area contributed by atoms with Crippen molar-refractivity contribution >= 4 is 23.4 Å². The number of benzene rings is 1. The number of amides is 1. The minimum absolute atomic E-state index is 0.0137. The van der Waals surface area contributed by atoms with Crippen molar-refractivity contribution in [2.24, 2.45) is 0 Å². The van der Waals surface area contributed by atoms with E-state index in [4.69, 9.17) is 10.3 Å². The number of carbonyl (C=O) groups is 1. The molecule has 0 spiro atoms. The van der Waals surface area contributed by atoms with Crippen LogP contribution in [0.3, 0.4) is 0 Å². The van der Waals surface area contributed by atoms with Crippen molar-refractivity contribution in [2.75, 3.05) is 16.5 Å². The molecule has 0 radical (unpaired) electrons. The fourth-order valence-electron chi connectivity index (χ4n) is 2.69. The van der Waals surface area contributed by atoms with E-state index in [9.17, 15) is 4.79 Å². The Labute approximate surface area is 156 Å². The van der Waals surface area contributed by atoms with Gasteiger partial charge in [-0.3, -0.25) is 4.79 Å². The third-order valence-corrected chi connectivity index (χ3v) is 4.84. The first-order valence-corrected chi connectivity index (χ1v) is 9.22. The Hall–Kier alpha value is -2.74. The first-order valence-electron chi connectivity index (χ1n) is 8.24. The topological polar surface area (TPSA) is 90.2 Å². The van der Waals surface area contributed by atoms with Gasteiger partial charge in [-0.05, 0) is 39.0 Å². The van der Waals surface area contributed by atoms with Crippen LogP contribution in [0.2, 0.25) is 0 Å². The molecule has 0 aliphatic rings. The molecular formula is C18H21N5O2S. The summed E-state index contributed by atoms with van der Waals surface area (Å²) in [7, 11) is 0. The number of anilines is 1. The lowest BCUT2D eigenvalue weighted by molar-refractivity contribution is -0.116. The average molecular weight is 371 g/mol. The Morgan fingerprint density at radius 3 is 2.62 bits per heavy atom. The first kappa shape index (κ1) is 18.1. The molecule has 2 aromatic heterocycles. The van der Waals surface area contributed by atoms with E-state index in [2.05, 4.69) is 10.2 Å². The van der Waals surface area contributed by atoms with Crippen molar-refractivity contribution in [3.63, 3.8) is 0 Å². The molecule has 1 aromatic carbocycles. The summed E-state index contributed by atoms with van der Waals surface area (Å²) in [5, 5.41) is 8.70. The summed E-state index contributed by atoms with van der Waals surface area (Å²) < 4.78 is 6.67. The Kier molecular flexibility index (Phi) is 5.32. The number of aromatic nitrogens is 3.